The van der Waals surface area contributed by atoms with Gasteiger partial charge < -0.3 is 5.32 Å². The summed E-state index contributed by atoms with van der Waals surface area (Å²) >= 11 is 0. The van der Waals surface area contributed by atoms with E-state index in [-0.39, 0.29) is 11.9 Å². The van der Waals surface area contributed by atoms with Gasteiger partial charge in [0.15, 0.2) is 0 Å². The predicted octanol–water partition coefficient (Wildman–Crippen LogP) is 3.76. The Balaban J connectivity index is 2.35. The van der Waals surface area contributed by atoms with Gasteiger partial charge in [0.05, 0.1) is 6.04 Å². The summed E-state index contributed by atoms with van der Waals surface area (Å²) in [5, 5.41) is 5.28. The number of carbonyl (C=O) groups excluding carboxylic acids is 1. The van der Waals surface area contributed by atoms with E-state index in [0.29, 0.717) is 6.42 Å². The third-order valence-corrected chi connectivity index (χ3v) is 3.08. The lowest BCUT2D eigenvalue weighted by molar-refractivity contribution is -0.117. The van der Waals surface area contributed by atoms with Gasteiger partial charge in [0.1, 0.15) is 0 Å². The second-order valence-electron chi connectivity index (χ2n) is 4.40. The number of amides is 1. The van der Waals surface area contributed by atoms with Crippen molar-refractivity contribution in [2.75, 3.05) is 0 Å². The van der Waals surface area contributed by atoms with Gasteiger partial charge in [0.2, 0.25) is 5.91 Å². The normalized spacial score (nSPS) is 11.8. The van der Waals surface area contributed by atoms with Crippen molar-refractivity contribution in [3.05, 3.63) is 73.3 Å². The smallest absolute Gasteiger partial charge is 0.243 e. The SMILES string of the molecule is C=CC[C@H](NC(=O)C=C)c1ccc2ccccc2c1. The molecule has 1 atom stereocenters. The van der Waals surface area contributed by atoms with Gasteiger partial charge in [-0.2, -0.15) is 0 Å². The van der Waals surface area contributed by atoms with Crippen LogP contribution in [0.25, 0.3) is 10.8 Å². The molecule has 0 unspecified atom stereocenters. The van der Waals surface area contributed by atoms with Crippen LogP contribution >= 0.6 is 0 Å². The van der Waals surface area contributed by atoms with E-state index in [1.807, 2.05) is 24.3 Å². The van der Waals surface area contributed by atoms with Gasteiger partial charge in [0, 0.05) is 0 Å². The Bertz CT molecular complexity index is 615. The van der Waals surface area contributed by atoms with E-state index in [2.05, 4.69) is 42.7 Å². The molecular formula is C17H17NO. The molecule has 0 aromatic heterocycles. The van der Waals surface area contributed by atoms with Crippen LogP contribution in [0.3, 0.4) is 0 Å². The third-order valence-electron chi connectivity index (χ3n) is 3.08. The molecular weight excluding hydrogens is 234 g/mol. The van der Waals surface area contributed by atoms with Crippen molar-refractivity contribution < 1.29 is 4.79 Å². The van der Waals surface area contributed by atoms with E-state index >= 15 is 0 Å². The highest BCUT2D eigenvalue weighted by atomic mass is 16.1. The van der Waals surface area contributed by atoms with Gasteiger partial charge in [0.25, 0.3) is 0 Å². The minimum Gasteiger partial charge on any atom is -0.345 e. The zero-order valence-electron chi connectivity index (χ0n) is 10.8. The average molecular weight is 251 g/mol. The van der Waals surface area contributed by atoms with Crippen molar-refractivity contribution in [3.8, 4) is 0 Å². The zero-order valence-corrected chi connectivity index (χ0v) is 10.8. The molecule has 2 heteroatoms. The fourth-order valence-corrected chi connectivity index (χ4v) is 2.10. The largest absolute Gasteiger partial charge is 0.345 e. The summed E-state index contributed by atoms with van der Waals surface area (Å²) in [5.41, 5.74) is 1.08. The number of fused-ring (bicyclic) bond motifs is 1. The Morgan fingerprint density at radius 2 is 1.89 bits per heavy atom. The summed E-state index contributed by atoms with van der Waals surface area (Å²) in [6.07, 6.45) is 3.79. The summed E-state index contributed by atoms with van der Waals surface area (Å²) < 4.78 is 0. The lowest BCUT2D eigenvalue weighted by atomic mass is 9.99. The molecule has 2 nitrogen and oxygen atoms in total. The minimum absolute atomic E-state index is 0.0624. The molecule has 19 heavy (non-hydrogen) atoms. The van der Waals surface area contributed by atoms with E-state index < -0.39 is 0 Å². The molecule has 1 amide bonds. The minimum atomic E-state index is -0.167. The number of rotatable bonds is 5. The number of hydrogen-bond acceptors (Lipinski definition) is 1. The fourth-order valence-electron chi connectivity index (χ4n) is 2.10. The van der Waals surface area contributed by atoms with E-state index in [4.69, 9.17) is 0 Å². The average Bonchev–Trinajstić information content (AvgIpc) is 2.46. The molecule has 0 saturated carbocycles. The molecule has 0 aliphatic carbocycles. The van der Waals surface area contributed by atoms with E-state index in [9.17, 15) is 4.79 Å². The summed E-state index contributed by atoms with van der Waals surface area (Å²) in [5.74, 6) is -0.167. The molecule has 96 valence electrons. The van der Waals surface area contributed by atoms with Crippen LogP contribution in [0.5, 0.6) is 0 Å². The van der Waals surface area contributed by atoms with Crippen molar-refractivity contribution in [2.45, 2.75) is 12.5 Å². The van der Waals surface area contributed by atoms with Gasteiger partial charge in [-0.15, -0.1) is 6.58 Å². The highest BCUT2D eigenvalue weighted by Gasteiger charge is 2.11. The quantitative estimate of drug-likeness (QED) is 0.636. The van der Waals surface area contributed by atoms with Crippen LogP contribution in [-0.4, -0.2) is 5.91 Å². The van der Waals surface area contributed by atoms with Gasteiger partial charge in [-0.3, -0.25) is 4.79 Å². The summed E-state index contributed by atoms with van der Waals surface area (Å²) in [6.45, 7) is 7.22. The summed E-state index contributed by atoms with van der Waals surface area (Å²) in [7, 11) is 0. The molecule has 0 saturated heterocycles. The van der Waals surface area contributed by atoms with Crippen LogP contribution < -0.4 is 5.32 Å². The van der Waals surface area contributed by atoms with Crippen LogP contribution in [0.2, 0.25) is 0 Å². The van der Waals surface area contributed by atoms with Crippen LogP contribution in [-0.2, 0) is 4.79 Å². The van der Waals surface area contributed by atoms with Crippen LogP contribution in [0.15, 0.2) is 67.8 Å². The predicted molar refractivity (Wildman–Crippen MR) is 79.8 cm³/mol. The maximum absolute atomic E-state index is 11.5. The Labute approximate surface area is 113 Å². The van der Waals surface area contributed by atoms with Gasteiger partial charge in [-0.25, -0.2) is 0 Å². The lowest BCUT2D eigenvalue weighted by Crippen LogP contribution is -2.26. The van der Waals surface area contributed by atoms with Gasteiger partial charge in [-0.05, 0) is 34.9 Å². The number of hydrogen-bond donors (Lipinski definition) is 1. The number of carbonyl (C=O) groups is 1. The Morgan fingerprint density at radius 3 is 2.58 bits per heavy atom. The third kappa shape index (κ3) is 3.10. The number of benzene rings is 2. The number of nitrogens with one attached hydrogen (secondary N) is 1. The first-order chi connectivity index (χ1) is 9.24. The van der Waals surface area contributed by atoms with Crippen molar-refractivity contribution >= 4 is 16.7 Å². The second-order valence-corrected chi connectivity index (χ2v) is 4.40. The maximum atomic E-state index is 11.5. The molecule has 1 N–H and O–H groups in total. The molecule has 2 rings (SSSR count). The van der Waals surface area contributed by atoms with Crippen LogP contribution in [0, 0.1) is 0 Å². The molecule has 2 aromatic rings. The molecule has 0 aliphatic rings. The first-order valence-corrected chi connectivity index (χ1v) is 6.27. The first kappa shape index (κ1) is 13.1. The highest BCUT2D eigenvalue weighted by molar-refractivity contribution is 5.87. The van der Waals surface area contributed by atoms with Gasteiger partial charge in [-0.1, -0.05) is 49.1 Å². The second kappa shape index (κ2) is 6.01. The summed E-state index contributed by atoms with van der Waals surface area (Å²) in [6, 6.07) is 14.3. The monoisotopic (exact) mass is 251 g/mol. The van der Waals surface area contributed by atoms with Crippen molar-refractivity contribution in [1.29, 1.82) is 0 Å². The van der Waals surface area contributed by atoms with Crippen LogP contribution in [0.4, 0.5) is 0 Å². The molecule has 0 aliphatic heterocycles. The van der Waals surface area contributed by atoms with Crippen molar-refractivity contribution in [2.24, 2.45) is 0 Å². The lowest BCUT2D eigenvalue weighted by Gasteiger charge is -2.17. The first-order valence-electron chi connectivity index (χ1n) is 6.27. The van der Waals surface area contributed by atoms with Gasteiger partial charge >= 0.3 is 0 Å². The van der Waals surface area contributed by atoms with Crippen LogP contribution in [0.1, 0.15) is 18.0 Å². The van der Waals surface area contributed by atoms with E-state index in [1.165, 1.54) is 16.8 Å². The topological polar surface area (TPSA) is 29.1 Å². The molecule has 0 bridgehead atoms. The molecule has 0 fully saturated rings. The van der Waals surface area contributed by atoms with E-state index in [1.54, 1.807) is 0 Å². The maximum Gasteiger partial charge on any atom is 0.243 e. The molecule has 0 spiro atoms. The molecule has 0 heterocycles. The van der Waals surface area contributed by atoms with E-state index in [0.717, 1.165) is 5.56 Å². The molecule has 2 aromatic carbocycles. The molecule has 0 radical (unpaired) electrons. The fraction of sp³-hybridized carbons (Fsp3) is 0.118. The Kier molecular flexibility index (Phi) is 4.14. The van der Waals surface area contributed by atoms with Crippen molar-refractivity contribution in [1.82, 2.24) is 5.32 Å². The standard InChI is InChI=1S/C17H17NO/c1-3-7-16(18-17(19)4-2)15-11-10-13-8-5-6-9-14(13)12-15/h3-6,8-12,16H,1-2,7H2,(H,18,19)/t16-/m0/s1. The Hall–Kier alpha value is -2.35. The Morgan fingerprint density at radius 1 is 1.16 bits per heavy atom. The van der Waals surface area contributed by atoms with Crippen molar-refractivity contribution in [3.63, 3.8) is 0 Å². The summed E-state index contributed by atoms with van der Waals surface area (Å²) in [4.78, 5) is 11.5. The zero-order chi connectivity index (χ0) is 13.7. The highest BCUT2D eigenvalue weighted by Crippen LogP contribution is 2.22.